The molecule has 3 rings (SSSR count). The Kier molecular flexibility index (Phi) is 11.3. The highest BCUT2D eigenvalue weighted by Crippen LogP contribution is 2.22. The lowest BCUT2D eigenvalue weighted by atomic mass is 9.93. The van der Waals surface area contributed by atoms with E-state index < -0.39 is 5.97 Å². The number of piperidine rings is 1. The lowest BCUT2D eigenvalue weighted by Crippen LogP contribution is -2.40. The van der Waals surface area contributed by atoms with Gasteiger partial charge in [-0.15, -0.1) is 24.8 Å². The van der Waals surface area contributed by atoms with Gasteiger partial charge < -0.3 is 26.8 Å². The van der Waals surface area contributed by atoms with Gasteiger partial charge in [0.15, 0.2) is 5.96 Å². The van der Waals surface area contributed by atoms with Gasteiger partial charge in [-0.1, -0.05) is 12.1 Å². The number of likely N-dealkylation sites (tertiary alicyclic amines) is 1. The van der Waals surface area contributed by atoms with Gasteiger partial charge in [0.05, 0.1) is 17.7 Å². The van der Waals surface area contributed by atoms with Crippen molar-refractivity contribution >= 4 is 54.2 Å². The molecule has 6 N–H and O–H groups in total. The molecule has 11 heteroatoms. The molecule has 2 amide bonds. The Hall–Kier alpha value is -3.30. The second kappa shape index (κ2) is 13.4. The van der Waals surface area contributed by atoms with Crippen molar-refractivity contribution in [1.82, 2.24) is 4.90 Å². The highest BCUT2D eigenvalue weighted by Gasteiger charge is 2.23. The van der Waals surface area contributed by atoms with Crippen LogP contribution < -0.4 is 21.9 Å². The zero-order valence-electron chi connectivity index (χ0n) is 18.5. The quantitative estimate of drug-likeness (QED) is 0.225. The molecule has 0 atom stereocenters. The molecule has 34 heavy (non-hydrogen) atoms. The Morgan fingerprint density at radius 3 is 2.03 bits per heavy atom. The molecule has 0 aromatic heterocycles. The number of amides is 2. The Bertz CT molecular complexity index is 1000. The number of halogens is 2. The fraction of sp³-hybridized carbons (Fsp3) is 0.304. The van der Waals surface area contributed by atoms with Crippen LogP contribution in [0.15, 0.2) is 53.5 Å². The van der Waals surface area contributed by atoms with Gasteiger partial charge in [0.1, 0.15) is 5.75 Å². The van der Waals surface area contributed by atoms with Crippen LogP contribution in [0, 0.1) is 5.92 Å². The molecule has 184 valence electrons. The minimum atomic E-state index is -0.510. The SMILES string of the molecule is Cl.Cl.NC(=O)CC1CCN(C(=O)Cc2ccc(OC(=O)c3ccc(N=C(N)N)cc3)cc2)CC1. The van der Waals surface area contributed by atoms with Gasteiger partial charge in [-0.3, -0.25) is 9.59 Å². The van der Waals surface area contributed by atoms with Crippen LogP contribution in [-0.4, -0.2) is 41.7 Å². The standard InChI is InChI=1S/C23H27N5O4.2ClH/c24-20(29)13-16-9-11-28(12-10-16)21(30)14-15-1-7-19(8-2-15)32-22(31)17-3-5-18(6-4-17)27-23(25)26;;/h1-8,16H,9-14H2,(H2,24,29)(H4,25,26,27);2*1H. The average Bonchev–Trinajstić information content (AvgIpc) is 2.75. The van der Waals surface area contributed by atoms with Crippen LogP contribution >= 0.6 is 24.8 Å². The first-order valence-electron chi connectivity index (χ1n) is 10.4. The molecule has 1 fully saturated rings. The van der Waals surface area contributed by atoms with Crippen LogP contribution in [0.1, 0.15) is 35.2 Å². The second-order valence-corrected chi connectivity index (χ2v) is 7.79. The summed E-state index contributed by atoms with van der Waals surface area (Å²) in [4.78, 5) is 41.6. The van der Waals surface area contributed by atoms with Crippen LogP contribution in [0.4, 0.5) is 5.69 Å². The summed E-state index contributed by atoms with van der Waals surface area (Å²) in [6.45, 7) is 1.27. The largest absolute Gasteiger partial charge is 0.423 e. The molecule has 1 saturated heterocycles. The molecule has 9 nitrogen and oxygen atoms in total. The lowest BCUT2D eigenvalue weighted by Gasteiger charge is -2.31. The van der Waals surface area contributed by atoms with Gasteiger partial charge in [0.25, 0.3) is 0 Å². The van der Waals surface area contributed by atoms with Crippen molar-refractivity contribution in [3.63, 3.8) is 0 Å². The van der Waals surface area contributed by atoms with E-state index in [4.69, 9.17) is 21.9 Å². The molecule has 2 aromatic carbocycles. The third-order valence-corrected chi connectivity index (χ3v) is 5.31. The molecule has 1 aliphatic rings. The molecular formula is C23H29Cl2N5O4. The number of aliphatic imine (C=N–C) groups is 1. The molecule has 1 aliphatic heterocycles. The Balaban J connectivity index is 0.00000289. The third kappa shape index (κ3) is 8.57. The average molecular weight is 510 g/mol. The predicted octanol–water partition coefficient (Wildman–Crippen LogP) is 2.31. The van der Waals surface area contributed by atoms with Gasteiger partial charge in [-0.25, -0.2) is 9.79 Å². The van der Waals surface area contributed by atoms with Gasteiger partial charge in [-0.2, -0.15) is 0 Å². The number of esters is 1. The first-order valence-corrected chi connectivity index (χ1v) is 10.4. The van der Waals surface area contributed by atoms with Crippen LogP contribution in [0.2, 0.25) is 0 Å². The summed E-state index contributed by atoms with van der Waals surface area (Å²) in [7, 11) is 0. The normalized spacial score (nSPS) is 13.1. The van der Waals surface area contributed by atoms with E-state index in [2.05, 4.69) is 4.99 Å². The molecule has 0 radical (unpaired) electrons. The highest BCUT2D eigenvalue weighted by molar-refractivity contribution is 5.91. The highest BCUT2D eigenvalue weighted by atomic mass is 35.5. The summed E-state index contributed by atoms with van der Waals surface area (Å²) in [5, 5.41) is 0. The molecule has 1 heterocycles. The van der Waals surface area contributed by atoms with E-state index in [1.165, 1.54) is 0 Å². The third-order valence-electron chi connectivity index (χ3n) is 5.31. The number of nitrogens with two attached hydrogens (primary N) is 3. The first kappa shape index (κ1) is 28.7. The number of rotatable bonds is 7. The number of primary amides is 1. The maximum atomic E-state index is 12.6. The van der Waals surface area contributed by atoms with Gasteiger partial charge >= 0.3 is 5.97 Å². The Morgan fingerprint density at radius 1 is 0.912 bits per heavy atom. The minimum Gasteiger partial charge on any atom is -0.423 e. The summed E-state index contributed by atoms with van der Waals surface area (Å²) in [6.07, 6.45) is 2.22. The van der Waals surface area contributed by atoms with Crippen LogP contribution in [-0.2, 0) is 16.0 Å². The zero-order chi connectivity index (χ0) is 23.1. The maximum absolute atomic E-state index is 12.6. The van der Waals surface area contributed by atoms with Crippen molar-refractivity contribution in [3.8, 4) is 5.75 Å². The Labute approximate surface area is 210 Å². The number of carbonyl (C=O) groups is 3. The number of hydrogen-bond donors (Lipinski definition) is 3. The number of nitrogens with zero attached hydrogens (tertiary/aromatic N) is 2. The molecule has 0 aliphatic carbocycles. The van der Waals surface area contributed by atoms with Crippen molar-refractivity contribution < 1.29 is 19.1 Å². The smallest absolute Gasteiger partial charge is 0.343 e. The molecule has 0 spiro atoms. The monoisotopic (exact) mass is 509 g/mol. The topological polar surface area (TPSA) is 154 Å². The number of carbonyl (C=O) groups excluding carboxylic acids is 3. The zero-order valence-corrected chi connectivity index (χ0v) is 20.1. The van der Waals surface area contributed by atoms with Gasteiger partial charge in [-0.05, 0) is 60.7 Å². The van der Waals surface area contributed by atoms with E-state index in [9.17, 15) is 14.4 Å². The molecule has 0 saturated carbocycles. The predicted molar refractivity (Wildman–Crippen MR) is 135 cm³/mol. The van der Waals surface area contributed by atoms with Gasteiger partial charge in [0, 0.05) is 19.5 Å². The summed E-state index contributed by atoms with van der Waals surface area (Å²) >= 11 is 0. The number of benzene rings is 2. The van der Waals surface area contributed by atoms with E-state index >= 15 is 0 Å². The second-order valence-electron chi connectivity index (χ2n) is 7.79. The fourth-order valence-corrected chi connectivity index (χ4v) is 3.62. The van der Waals surface area contributed by atoms with Crippen LogP contribution in [0.3, 0.4) is 0 Å². The summed E-state index contributed by atoms with van der Waals surface area (Å²) in [5.41, 5.74) is 17.6. The summed E-state index contributed by atoms with van der Waals surface area (Å²) in [6, 6.07) is 13.2. The van der Waals surface area contributed by atoms with Crippen LogP contribution in [0.5, 0.6) is 5.75 Å². The van der Waals surface area contributed by atoms with Crippen molar-refractivity contribution in [1.29, 1.82) is 0 Å². The lowest BCUT2D eigenvalue weighted by molar-refractivity contribution is -0.132. The van der Waals surface area contributed by atoms with E-state index in [-0.39, 0.29) is 54.9 Å². The maximum Gasteiger partial charge on any atom is 0.343 e. The summed E-state index contributed by atoms with van der Waals surface area (Å²) < 4.78 is 5.38. The molecule has 0 unspecified atom stereocenters. The number of hydrogen-bond acceptors (Lipinski definition) is 5. The van der Waals surface area contributed by atoms with E-state index in [1.807, 2.05) is 4.90 Å². The van der Waals surface area contributed by atoms with E-state index in [1.54, 1.807) is 48.5 Å². The fourth-order valence-electron chi connectivity index (χ4n) is 3.62. The van der Waals surface area contributed by atoms with Crippen molar-refractivity contribution in [3.05, 3.63) is 59.7 Å². The van der Waals surface area contributed by atoms with E-state index in [0.717, 1.165) is 18.4 Å². The summed E-state index contributed by atoms with van der Waals surface area (Å²) in [5.74, 6) is -0.193. The first-order chi connectivity index (χ1) is 15.3. The number of ether oxygens (including phenoxy) is 1. The van der Waals surface area contributed by atoms with Crippen molar-refractivity contribution in [2.24, 2.45) is 28.1 Å². The molecular weight excluding hydrogens is 481 g/mol. The van der Waals surface area contributed by atoms with Crippen LogP contribution in [0.25, 0.3) is 0 Å². The molecule has 2 aromatic rings. The van der Waals surface area contributed by atoms with E-state index in [0.29, 0.717) is 36.5 Å². The van der Waals surface area contributed by atoms with Crippen molar-refractivity contribution in [2.75, 3.05) is 13.1 Å². The van der Waals surface area contributed by atoms with Crippen molar-refractivity contribution in [2.45, 2.75) is 25.7 Å². The number of guanidine groups is 1. The van der Waals surface area contributed by atoms with Gasteiger partial charge in [0.2, 0.25) is 11.8 Å². The minimum absolute atomic E-state index is 0. The molecule has 0 bridgehead atoms. The Morgan fingerprint density at radius 2 is 1.50 bits per heavy atom.